The Bertz CT molecular complexity index is 677. The molecular weight excluding hydrogens is 391 g/mol. The zero-order valence-electron chi connectivity index (χ0n) is 11.6. The normalized spacial score (nSPS) is 19.0. The number of likely N-dealkylation sites (N-methyl/N-ethyl adjacent to an activating group) is 1. The summed E-state index contributed by atoms with van der Waals surface area (Å²) in [6.07, 6.45) is 0. The van der Waals surface area contributed by atoms with Gasteiger partial charge in [-0.1, -0.05) is 58.5 Å². The molecule has 1 aromatic carbocycles. The van der Waals surface area contributed by atoms with E-state index in [4.69, 9.17) is 46.4 Å². The fourth-order valence-electron chi connectivity index (χ4n) is 1.94. The summed E-state index contributed by atoms with van der Waals surface area (Å²) in [4.78, 5) is 30.2. The third kappa shape index (κ3) is 3.55. The van der Waals surface area contributed by atoms with Gasteiger partial charge in [0.25, 0.3) is 5.91 Å². The van der Waals surface area contributed by atoms with Crippen molar-refractivity contribution in [3.8, 4) is 0 Å². The van der Waals surface area contributed by atoms with Crippen molar-refractivity contribution in [3.05, 3.63) is 30.1 Å². The first kappa shape index (κ1) is 18.3. The third-order valence-electron chi connectivity index (χ3n) is 2.99. The average molecular weight is 401 g/mol. The largest absolute Gasteiger partial charge is 0.337 e. The smallest absolute Gasteiger partial charge is 0.265 e. The van der Waals surface area contributed by atoms with Crippen molar-refractivity contribution in [1.82, 2.24) is 4.90 Å². The van der Waals surface area contributed by atoms with Gasteiger partial charge in [0, 0.05) is 6.54 Å². The number of para-hydroxylation sites is 1. The number of alkyl halides is 4. The Labute approximate surface area is 151 Å². The van der Waals surface area contributed by atoms with Crippen molar-refractivity contribution in [2.24, 2.45) is 4.99 Å². The molecule has 3 amide bonds. The second-order valence-corrected chi connectivity index (χ2v) is 7.23. The van der Waals surface area contributed by atoms with E-state index < -0.39 is 32.9 Å². The average Bonchev–Trinajstić information content (AvgIpc) is 2.69. The van der Waals surface area contributed by atoms with E-state index in [1.807, 2.05) is 0 Å². The molecule has 0 spiro atoms. The summed E-state index contributed by atoms with van der Waals surface area (Å²) in [6.45, 7) is 1.66. The maximum Gasteiger partial charge on any atom is 0.337 e. The van der Waals surface area contributed by atoms with Gasteiger partial charge in [0.05, 0.1) is 5.69 Å². The molecular formula is C13H10Cl4FN3O2. The van der Waals surface area contributed by atoms with E-state index in [1.165, 1.54) is 18.2 Å². The van der Waals surface area contributed by atoms with Gasteiger partial charge in [0.2, 0.25) is 9.63 Å². The van der Waals surface area contributed by atoms with Crippen LogP contribution >= 0.6 is 46.4 Å². The Morgan fingerprint density at radius 3 is 2.39 bits per heavy atom. The van der Waals surface area contributed by atoms with Crippen molar-refractivity contribution in [2.45, 2.75) is 16.2 Å². The van der Waals surface area contributed by atoms with Crippen LogP contribution in [-0.2, 0) is 4.79 Å². The molecule has 1 heterocycles. The molecule has 1 saturated heterocycles. The van der Waals surface area contributed by atoms with Crippen LogP contribution in [0, 0.1) is 5.82 Å². The Kier molecular flexibility index (Phi) is 5.41. The highest BCUT2D eigenvalue weighted by Gasteiger charge is 2.45. The number of anilines is 1. The first-order chi connectivity index (χ1) is 10.7. The highest BCUT2D eigenvalue weighted by molar-refractivity contribution is 6.70. The lowest BCUT2D eigenvalue weighted by molar-refractivity contribution is -0.120. The summed E-state index contributed by atoms with van der Waals surface area (Å²) >= 11 is 22.7. The predicted molar refractivity (Wildman–Crippen MR) is 89.0 cm³/mol. The SMILES string of the molecule is CCN1C(=O)/C(=N/C(Cl)C(Cl)(Cl)Cl)N(c2ccccc2F)C1=O. The van der Waals surface area contributed by atoms with E-state index in [0.29, 0.717) is 0 Å². The van der Waals surface area contributed by atoms with Gasteiger partial charge in [0.1, 0.15) is 5.82 Å². The van der Waals surface area contributed by atoms with E-state index in [1.54, 1.807) is 6.92 Å². The summed E-state index contributed by atoms with van der Waals surface area (Å²) < 4.78 is 12.0. The van der Waals surface area contributed by atoms with Gasteiger partial charge in [-0.2, -0.15) is 0 Å². The third-order valence-corrected chi connectivity index (χ3v) is 4.37. The van der Waals surface area contributed by atoms with Crippen LogP contribution in [0.3, 0.4) is 0 Å². The van der Waals surface area contributed by atoms with Gasteiger partial charge in [-0.05, 0) is 19.1 Å². The van der Waals surface area contributed by atoms with E-state index >= 15 is 0 Å². The van der Waals surface area contributed by atoms with E-state index in [9.17, 15) is 14.0 Å². The van der Waals surface area contributed by atoms with E-state index in [0.717, 1.165) is 15.9 Å². The van der Waals surface area contributed by atoms with Crippen molar-refractivity contribution in [3.63, 3.8) is 0 Å². The van der Waals surface area contributed by atoms with Crippen LogP contribution < -0.4 is 4.90 Å². The highest BCUT2D eigenvalue weighted by Crippen LogP contribution is 2.35. The van der Waals surface area contributed by atoms with Crippen LogP contribution in [0.4, 0.5) is 14.9 Å². The molecule has 0 radical (unpaired) electrons. The summed E-state index contributed by atoms with van der Waals surface area (Å²) in [5.41, 5.74) is -1.58. The van der Waals surface area contributed by atoms with Crippen LogP contribution in [-0.4, -0.2) is 38.5 Å². The quantitative estimate of drug-likeness (QED) is 0.438. The van der Waals surface area contributed by atoms with Gasteiger partial charge in [-0.15, -0.1) is 0 Å². The molecule has 0 aliphatic carbocycles. The first-order valence-electron chi connectivity index (χ1n) is 6.37. The van der Waals surface area contributed by atoms with Crippen molar-refractivity contribution in [2.75, 3.05) is 11.4 Å². The van der Waals surface area contributed by atoms with Gasteiger partial charge >= 0.3 is 6.03 Å². The molecule has 0 saturated carbocycles. The number of rotatable bonds is 3. The van der Waals surface area contributed by atoms with Crippen molar-refractivity contribution >= 4 is 69.9 Å². The van der Waals surface area contributed by atoms with Crippen LogP contribution in [0.1, 0.15) is 6.92 Å². The second kappa shape index (κ2) is 6.81. The lowest BCUT2D eigenvalue weighted by atomic mass is 10.3. The summed E-state index contributed by atoms with van der Waals surface area (Å²) in [7, 11) is 0. The molecule has 1 aromatic rings. The number of carbonyl (C=O) groups excluding carboxylic acids is 2. The molecule has 124 valence electrons. The Hall–Kier alpha value is -1.08. The maximum absolute atomic E-state index is 14.0. The van der Waals surface area contributed by atoms with Gasteiger partial charge in [-0.25, -0.2) is 19.1 Å². The molecule has 1 aliphatic rings. The predicted octanol–water partition coefficient (Wildman–Crippen LogP) is 3.95. The fraction of sp³-hybridized carbons (Fsp3) is 0.308. The number of amides is 3. The van der Waals surface area contributed by atoms with Crippen LogP contribution in [0.2, 0.25) is 0 Å². The molecule has 1 fully saturated rings. The first-order valence-corrected chi connectivity index (χ1v) is 7.94. The topological polar surface area (TPSA) is 53.0 Å². The number of benzene rings is 1. The summed E-state index contributed by atoms with van der Waals surface area (Å²) in [6, 6.07) is 4.67. The minimum atomic E-state index is -2.00. The number of hydrogen-bond acceptors (Lipinski definition) is 3. The Balaban J connectivity index is 2.56. The highest BCUT2D eigenvalue weighted by atomic mass is 35.6. The fourth-order valence-corrected chi connectivity index (χ4v) is 2.18. The second-order valence-electron chi connectivity index (χ2n) is 4.45. The number of hydrogen-bond donors (Lipinski definition) is 0. The number of imide groups is 1. The molecule has 10 heteroatoms. The minimum absolute atomic E-state index is 0.0718. The molecule has 1 unspecified atom stereocenters. The summed E-state index contributed by atoms with van der Waals surface area (Å²) in [5.74, 6) is -1.87. The van der Waals surface area contributed by atoms with E-state index in [2.05, 4.69) is 4.99 Å². The molecule has 0 aromatic heterocycles. The number of halogens is 5. The Morgan fingerprint density at radius 1 is 1.26 bits per heavy atom. The van der Waals surface area contributed by atoms with Crippen LogP contribution in [0.5, 0.6) is 0 Å². The number of nitrogens with zero attached hydrogens (tertiary/aromatic N) is 3. The molecule has 23 heavy (non-hydrogen) atoms. The maximum atomic E-state index is 14.0. The number of amidine groups is 1. The molecule has 2 rings (SSSR count). The standard InChI is InChI=1S/C13H10Cl4FN3O2/c1-2-20-10(22)9(19-11(14)13(15,16)17)21(12(20)23)8-6-4-3-5-7(8)18/h3-6,11H,2H2,1H3/b19-9-. The Morgan fingerprint density at radius 2 is 1.87 bits per heavy atom. The van der Waals surface area contributed by atoms with Crippen LogP contribution in [0.25, 0.3) is 0 Å². The molecule has 5 nitrogen and oxygen atoms in total. The lowest BCUT2D eigenvalue weighted by Crippen LogP contribution is -2.34. The van der Waals surface area contributed by atoms with Crippen LogP contribution in [0.15, 0.2) is 29.3 Å². The van der Waals surface area contributed by atoms with E-state index in [-0.39, 0.29) is 12.2 Å². The molecule has 0 bridgehead atoms. The lowest BCUT2D eigenvalue weighted by Gasteiger charge is -2.18. The van der Waals surface area contributed by atoms with Gasteiger partial charge in [0.15, 0.2) is 5.50 Å². The minimum Gasteiger partial charge on any atom is -0.265 e. The van der Waals surface area contributed by atoms with Crippen molar-refractivity contribution < 1.29 is 14.0 Å². The number of carbonyl (C=O) groups is 2. The number of aliphatic imine (C=N–C) groups is 1. The van der Waals surface area contributed by atoms with Gasteiger partial charge in [-0.3, -0.25) is 9.69 Å². The summed E-state index contributed by atoms with van der Waals surface area (Å²) in [5, 5.41) is 0. The monoisotopic (exact) mass is 399 g/mol. The molecule has 1 aliphatic heterocycles. The van der Waals surface area contributed by atoms with Crippen molar-refractivity contribution in [1.29, 1.82) is 0 Å². The number of urea groups is 1. The molecule has 1 atom stereocenters. The zero-order valence-corrected chi connectivity index (χ0v) is 14.7. The zero-order chi connectivity index (χ0) is 17.4. The van der Waals surface area contributed by atoms with Gasteiger partial charge < -0.3 is 0 Å². The molecule has 0 N–H and O–H groups in total.